The maximum absolute atomic E-state index is 12.4. The second-order valence-corrected chi connectivity index (χ2v) is 11.2. The Kier molecular flexibility index (Phi) is 10.5. The number of fused-ring (bicyclic) bond motifs is 3. The summed E-state index contributed by atoms with van der Waals surface area (Å²) in [6.07, 6.45) is 0. The zero-order valence-corrected chi connectivity index (χ0v) is 26.3. The van der Waals surface area contributed by atoms with E-state index in [4.69, 9.17) is 28.4 Å². The van der Waals surface area contributed by atoms with E-state index in [0.717, 1.165) is 45.3 Å². The van der Waals surface area contributed by atoms with Crippen molar-refractivity contribution in [2.75, 3.05) is 109 Å². The summed E-state index contributed by atoms with van der Waals surface area (Å²) < 4.78 is 35.0. The summed E-state index contributed by atoms with van der Waals surface area (Å²) in [6, 6.07) is 18.9. The standard InChI is InChI=1S/C34H43N3O7/c1-35(2)25-7-9-27-30(21-25)44-31-22-26(36(3)4)8-10-28(31)34(27)24-6-11-29-32(20-24)43-19-18-42-17-16-41-15-14-40-13-12-37(29)23-33(38)39-5/h6-11,20-22,34H,12-19,23H2,1-5H3. The van der Waals surface area contributed by atoms with Crippen molar-refractivity contribution in [1.29, 1.82) is 0 Å². The largest absolute Gasteiger partial charge is 0.489 e. The van der Waals surface area contributed by atoms with Crippen LogP contribution in [-0.4, -0.2) is 101 Å². The van der Waals surface area contributed by atoms with E-state index in [9.17, 15) is 4.79 Å². The van der Waals surface area contributed by atoms with Crippen LogP contribution in [0.2, 0.25) is 0 Å². The van der Waals surface area contributed by atoms with Gasteiger partial charge in [0.25, 0.3) is 0 Å². The molecular weight excluding hydrogens is 562 g/mol. The molecule has 0 saturated carbocycles. The van der Waals surface area contributed by atoms with Crippen molar-refractivity contribution in [2.24, 2.45) is 0 Å². The number of esters is 1. The first-order valence-electron chi connectivity index (χ1n) is 15.0. The average molecular weight is 606 g/mol. The number of carbonyl (C=O) groups excluding carboxylic acids is 1. The third kappa shape index (κ3) is 7.38. The first kappa shape index (κ1) is 31.4. The second kappa shape index (κ2) is 14.7. The molecule has 0 bridgehead atoms. The molecule has 0 fully saturated rings. The van der Waals surface area contributed by atoms with Crippen molar-refractivity contribution in [3.63, 3.8) is 0 Å². The highest BCUT2D eigenvalue weighted by molar-refractivity contribution is 5.77. The molecule has 0 N–H and O–H groups in total. The van der Waals surface area contributed by atoms with Gasteiger partial charge >= 0.3 is 5.97 Å². The van der Waals surface area contributed by atoms with E-state index in [0.29, 0.717) is 58.5 Å². The summed E-state index contributed by atoms with van der Waals surface area (Å²) in [4.78, 5) is 18.5. The smallest absolute Gasteiger partial charge is 0.325 e. The minimum Gasteiger partial charge on any atom is -0.489 e. The lowest BCUT2D eigenvalue weighted by molar-refractivity contribution is -0.139. The van der Waals surface area contributed by atoms with Gasteiger partial charge in [-0.3, -0.25) is 4.79 Å². The molecular formula is C34H43N3O7. The van der Waals surface area contributed by atoms with Crippen LogP contribution in [0.1, 0.15) is 22.6 Å². The number of methoxy groups -OCH3 is 1. The Morgan fingerprint density at radius 1 is 0.750 bits per heavy atom. The molecule has 0 amide bonds. The maximum Gasteiger partial charge on any atom is 0.325 e. The molecule has 0 aromatic heterocycles. The van der Waals surface area contributed by atoms with Crippen LogP contribution in [0.3, 0.4) is 0 Å². The molecule has 0 spiro atoms. The number of anilines is 3. The Labute approximate surface area is 259 Å². The van der Waals surface area contributed by atoms with Crippen LogP contribution in [0.15, 0.2) is 54.6 Å². The molecule has 0 atom stereocenters. The van der Waals surface area contributed by atoms with Gasteiger partial charge in [0.2, 0.25) is 0 Å². The van der Waals surface area contributed by atoms with Gasteiger partial charge in [-0.15, -0.1) is 0 Å². The van der Waals surface area contributed by atoms with E-state index in [1.54, 1.807) is 0 Å². The lowest BCUT2D eigenvalue weighted by Crippen LogP contribution is -2.34. The number of benzene rings is 3. The first-order chi connectivity index (χ1) is 21.4. The third-order valence-electron chi connectivity index (χ3n) is 7.81. The van der Waals surface area contributed by atoms with Gasteiger partial charge in [0.15, 0.2) is 0 Å². The summed E-state index contributed by atoms with van der Waals surface area (Å²) in [5, 5.41) is 0. The maximum atomic E-state index is 12.4. The van der Waals surface area contributed by atoms with E-state index >= 15 is 0 Å². The fourth-order valence-electron chi connectivity index (χ4n) is 5.42. The molecule has 2 aliphatic heterocycles. The molecule has 3 aromatic rings. The van der Waals surface area contributed by atoms with E-state index in [1.165, 1.54) is 7.11 Å². The van der Waals surface area contributed by atoms with Crippen LogP contribution < -0.4 is 24.2 Å². The molecule has 0 saturated heterocycles. The van der Waals surface area contributed by atoms with Crippen LogP contribution in [0.4, 0.5) is 17.1 Å². The molecule has 0 radical (unpaired) electrons. The highest BCUT2D eigenvalue weighted by Gasteiger charge is 2.31. The Morgan fingerprint density at radius 2 is 1.32 bits per heavy atom. The Hall–Kier alpha value is -3.99. The van der Waals surface area contributed by atoms with Crippen molar-refractivity contribution in [2.45, 2.75) is 5.92 Å². The van der Waals surface area contributed by atoms with Crippen LogP contribution in [0.5, 0.6) is 17.2 Å². The Balaban J connectivity index is 1.58. The molecule has 2 heterocycles. The van der Waals surface area contributed by atoms with E-state index in [-0.39, 0.29) is 18.4 Å². The predicted octanol–water partition coefficient (Wildman–Crippen LogP) is 4.53. The molecule has 3 aromatic carbocycles. The third-order valence-corrected chi connectivity index (χ3v) is 7.81. The number of ether oxygens (including phenoxy) is 6. The van der Waals surface area contributed by atoms with Gasteiger partial charge in [-0.25, -0.2) is 0 Å². The van der Waals surface area contributed by atoms with Crippen LogP contribution in [0.25, 0.3) is 0 Å². The number of rotatable bonds is 5. The van der Waals surface area contributed by atoms with Crippen LogP contribution >= 0.6 is 0 Å². The van der Waals surface area contributed by atoms with Crippen molar-refractivity contribution >= 4 is 23.0 Å². The molecule has 5 rings (SSSR count). The molecule has 10 heteroatoms. The number of carbonyl (C=O) groups is 1. The van der Waals surface area contributed by atoms with Gasteiger partial charge in [-0.1, -0.05) is 18.2 Å². The molecule has 2 aliphatic rings. The minimum absolute atomic E-state index is 0.0616. The minimum atomic E-state index is -0.342. The average Bonchev–Trinajstić information content (AvgIpc) is 3.03. The topological polar surface area (TPSA) is 82.2 Å². The first-order valence-corrected chi connectivity index (χ1v) is 15.0. The lowest BCUT2D eigenvalue weighted by atomic mass is 9.82. The SMILES string of the molecule is COC(=O)CN1CCOCCOCCOCCOc2cc(C3c4ccc(N(C)C)cc4Oc4cc(N(C)C)ccc43)ccc21. The number of hydrogen-bond acceptors (Lipinski definition) is 10. The van der Waals surface area contributed by atoms with Gasteiger partial charge in [0, 0.05) is 75.3 Å². The van der Waals surface area contributed by atoms with E-state index < -0.39 is 0 Å². The number of hydrogen-bond donors (Lipinski definition) is 0. The second-order valence-electron chi connectivity index (χ2n) is 11.2. The van der Waals surface area contributed by atoms with Gasteiger partial charge in [-0.2, -0.15) is 0 Å². The van der Waals surface area contributed by atoms with E-state index in [2.05, 4.69) is 58.3 Å². The highest BCUT2D eigenvalue weighted by atomic mass is 16.6. The Bertz CT molecular complexity index is 1370. The summed E-state index contributed by atoms with van der Waals surface area (Å²) >= 11 is 0. The molecule has 0 aliphatic carbocycles. The lowest BCUT2D eigenvalue weighted by Gasteiger charge is -2.32. The summed E-state index contributed by atoms with van der Waals surface area (Å²) in [5.41, 5.74) is 6.09. The van der Waals surface area contributed by atoms with Crippen molar-refractivity contribution in [3.05, 3.63) is 71.3 Å². The molecule has 44 heavy (non-hydrogen) atoms. The van der Waals surface area contributed by atoms with Crippen molar-refractivity contribution in [1.82, 2.24) is 0 Å². The quantitative estimate of drug-likeness (QED) is 0.303. The predicted molar refractivity (Wildman–Crippen MR) is 171 cm³/mol. The van der Waals surface area contributed by atoms with Gasteiger partial charge in [-0.05, 0) is 29.8 Å². The zero-order valence-electron chi connectivity index (χ0n) is 26.3. The van der Waals surface area contributed by atoms with Crippen molar-refractivity contribution in [3.8, 4) is 17.2 Å². The monoisotopic (exact) mass is 605 g/mol. The molecule has 10 nitrogen and oxygen atoms in total. The summed E-state index contributed by atoms with van der Waals surface area (Å²) in [7, 11) is 9.48. The fraction of sp³-hybridized carbons (Fsp3) is 0.441. The summed E-state index contributed by atoms with van der Waals surface area (Å²) in [6.45, 7) is 3.62. The highest BCUT2D eigenvalue weighted by Crippen LogP contribution is 2.50. The van der Waals surface area contributed by atoms with Crippen molar-refractivity contribution < 1.29 is 33.2 Å². The van der Waals surface area contributed by atoms with Gasteiger partial charge < -0.3 is 43.1 Å². The molecule has 0 unspecified atom stereocenters. The normalized spacial score (nSPS) is 16.2. The Morgan fingerprint density at radius 3 is 1.89 bits per heavy atom. The molecule has 236 valence electrons. The van der Waals surface area contributed by atoms with E-state index in [1.807, 2.05) is 39.2 Å². The van der Waals surface area contributed by atoms with Gasteiger partial charge in [0.05, 0.1) is 52.4 Å². The van der Waals surface area contributed by atoms with Gasteiger partial charge in [0.1, 0.15) is 30.4 Å². The van der Waals surface area contributed by atoms with Crippen LogP contribution in [-0.2, 0) is 23.7 Å². The zero-order chi connectivity index (χ0) is 31.1. The summed E-state index contributed by atoms with van der Waals surface area (Å²) in [5.74, 6) is 1.86. The fourth-order valence-corrected chi connectivity index (χ4v) is 5.42. The van der Waals surface area contributed by atoms with Crippen LogP contribution in [0, 0.1) is 0 Å². The number of nitrogens with zero attached hydrogens (tertiary/aromatic N) is 3.